The Morgan fingerprint density at radius 3 is 0.638 bits per heavy atom. The van der Waals surface area contributed by atoms with Crippen LogP contribution in [-0.2, 0) is 23.7 Å². The van der Waals surface area contributed by atoms with Gasteiger partial charge in [-0.3, -0.25) is 19.6 Å². The minimum atomic E-state index is -0.608. The van der Waals surface area contributed by atoms with Gasteiger partial charge in [-0.2, -0.15) is 0 Å². The van der Waals surface area contributed by atoms with Crippen LogP contribution in [0.4, 0.5) is 4.79 Å². The summed E-state index contributed by atoms with van der Waals surface area (Å²) in [5.74, 6) is 5.66. The Morgan fingerprint density at radius 2 is 0.465 bits per heavy atom. The number of benzene rings is 8. The van der Waals surface area contributed by atoms with Gasteiger partial charge in [-0.25, -0.2) is 4.79 Å². The SMILES string of the molecule is CCOC(=O)N1CCNCC1.OC(COc1ccc(C(c2ccc(OCC(O)CN3CCNCC3)cc2)C(c2ccc(OCC(O)CN3CCNCC3)cc2)c2ccc(OCC(O)CN3CCNCC3)cc2)cc1)CN1CCNCC1.c1cc(C(c2ccc(OCC3CO3)cc2)C(c2ccc(OCC3CO3)cc2)c2ccc(OCC3CO3)cc2)ccc1OCC1CO1. The molecule has 28 heteroatoms. The van der Waals surface area contributed by atoms with Crippen molar-refractivity contribution in [2.45, 2.75) is 79.4 Å². The summed E-state index contributed by atoms with van der Waals surface area (Å²) in [6.07, 6.45) is -1.80. The number of nitrogens with one attached hydrogen (secondary N) is 5. The van der Waals surface area contributed by atoms with Crippen LogP contribution in [0.1, 0.15) is 75.1 Å². The van der Waals surface area contributed by atoms with Crippen LogP contribution < -0.4 is 64.5 Å². The van der Waals surface area contributed by atoms with E-state index in [2.05, 4.69) is 192 Å². The van der Waals surface area contributed by atoms with Crippen LogP contribution in [-0.4, -0.2) is 343 Å². The lowest BCUT2D eigenvalue weighted by Gasteiger charge is -2.30. The Morgan fingerprint density at radius 1 is 0.291 bits per heavy atom. The minimum absolute atomic E-state index is 0.0140. The molecule has 684 valence electrons. The fourth-order valence-electron chi connectivity index (χ4n) is 16.7. The zero-order valence-electron chi connectivity index (χ0n) is 73.3. The molecule has 28 nitrogen and oxygen atoms in total. The van der Waals surface area contributed by atoms with Crippen LogP contribution in [0, 0.1) is 0 Å². The number of epoxide rings is 4. The maximum absolute atomic E-state index is 11.1. The van der Waals surface area contributed by atoms with E-state index in [1.165, 1.54) is 22.3 Å². The molecular formula is C99H130N10O18. The number of carbonyl (C=O) groups is 1. The number of aliphatic hydroxyl groups excluding tert-OH is 4. The van der Waals surface area contributed by atoms with Gasteiger partial charge in [0.1, 0.15) is 148 Å². The molecule has 0 radical (unpaired) electrons. The first-order valence-corrected chi connectivity index (χ1v) is 45.7. The van der Waals surface area contributed by atoms with Crippen molar-refractivity contribution < 1.29 is 86.8 Å². The molecule has 9 fully saturated rings. The largest absolute Gasteiger partial charge is 0.491 e. The molecule has 0 aliphatic carbocycles. The molecule has 9 saturated heterocycles. The van der Waals surface area contributed by atoms with E-state index in [9.17, 15) is 25.2 Å². The number of hydrogen-bond acceptors (Lipinski definition) is 27. The Hall–Kier alpha value is -9.25. The summed E-state index contributed by atoms with van der Waals surface area (Å²) in [6.45, 7) is 28.6. The molecule has 9 aliphatic rings. The van der Waals surface area contributed by atoms with Crippen molar-refractivity contribution in [3.05, 3.63) is 239 Å². The smallest absolute Gasteiger partial charge is 0.409 e. The Bertz CT molecular complexity index is 3940. The van der Waals surface area contributed by atoms with Gasteiger partial charge in [-0.15, -0.1) is 0 Å². The van der Waals surface area contributed by atoms with E-state index in [0.717, 1.165) is 203 Å². The molecule has 1 amide bonds. The predicted octanol–water partition coefficient (Wildman–Crippen LogP) is 7.04. The van der Waals surface area contributed by atoms with E-state index in [-0.39, 0.29) is 80.6 Å². The van der Waals surface area contributed by atoms with Crippen LogP contribution in [0.2, 0.25) is 0 Å². The topological polar surface area (TPSA) is 308 Å². The van der Waals surface area contributed by atoms with Gasteiger partial charge in [-0.1, -0.05) is 97.1 Å². The van der Waals surface area contributed by atoms with Crippen molar-refractivity contribution in [1.82, 2.24) is 51.1 Å². The van der Waals surface area contributed by atoms with Crippen molar-refractivity contribution in [1.29, 1.82) is 0 Å². The lowest BCUT2D eigenvalue weighted by atomic mass is 9.73. The molecule has 0 saturated carbocycles. The molecule has 8 aromatic rings. The zero-order valence-corrected chi connectivity index (χ0v) is 73.3. The molecular weight excluding hydrogens is 1620 g/mol. The van der Waals surface area contributed by atoms with Crippen molar-refractivity contribution in [2.75, 3.05) is 243 Å². The highest BCUT2D eigenvalue weighted by Gasteiger charge is 2.34. The maximum atomic E-state index is 11.1. The number of β-amino-alcohol motifs (C(OH)–C–C–N with tert-alkyl or cyclic N) is 4. The number of rotatable bonds is 43. The first kappa shape index (κ1) is 92.5. The Balaban J connectivity index is 0.000000185. The Kier molecular flexibility index (Phi) is 35.2. The van der Waals surface area contributed by atoms with Gasteiger partial charge in [0.15, 0.2) is 0 Å². The number of nitrogens with zero attached hydrogens (tertiary/aromatic N) is 5. The first-order valence-electron chi connectivity index (χ1n) is 45.7. The van der Waals surface area contributed by atoms with Crippen LogP contribution in [0.25, 0.3) is 0 Å². The monoisotopic (exact) mass is 1750 g/mol. The molecule has 0 bridgehead atoms. The van der Waals surface area contributed by atoms with E-state index in [1.807, 2.05) is 55.5 Å². The van der Waals surface area contributed by atoms with Crippen LogP contribution in [0.15, 0.2) is 194 Å². The third kappa shape index (κ3) is 30.2. The third-order valence-corrected chi connectivity index (χ3v) is 24.1. The molecule has 0 aromatic heterocycles. The number of ether oxygens (including phenoxy) is 13. The van der Waals surface area contributed by atoms with Crippen LogP contribution in [0.3, 0.4) is 0 Å². The van der Waals surface area contributed by atoms with Crippen molar-refractivity contribution in [3.8, 4) is 46.0 Å². The van der Waals surface area contributed by atoms with Gasteiger partial charge >= 0.3 is 6.09 Å². The molecule has 9 aliphatic heterocycles. The summed E-state index contributed by atoms with van der Waals surface area (Å²) in [7, 11) is 0. The molecule has 9 N–H and O–H groups in total. The van der Waals surface area contributed by atoms with Crippen molar-refractivity contribution in [2.24, 2.45) is 0 Å². The van der Waals surface area contributed by atoms with E-state index in [0.29, 0.717) is 82.2 Å². The number of carbonyl (C=O) groups excluding carboxylic acids is 1. The average molecular weight is 1750 g/mol. The molecule has 0 spiro atoms. The van der Waals surface area contributed by atoms with E-state index in [1.54, 1.807) is 4.90 Å². The second kappa shape index (κ2) is 48.4. The molecule has 127 heavy (non-hydrogen) atoms. The summed E-state index contributed by atoms with van der Waals surface area (Å²) in [6, 6.07) is 66.7. The number of amides is 1. The Labute approximate surface area is 747 Å². The van der Waals surface area contributed by atoms with Gasteiger partial charge in [0, 0.05) is 181 Å². The van der Waals surface area contributed by atoms with E-state index >= 15 is 0 Å². The lowest BCUT2D eigenvalue weighted by Crippen LogP contribution is -2.47. The predicted molar refractivity (Wildman–Crippen MR) is 485 cm³/mol. The third-order valence-electron chi connectivity index (χ3n) is 24.1. The molecule has 8 aromatic carbocycles. The second-order valence-electron chi connectivity index (χ2n) is 34.0. The highest BCUT2D eigenvalue weighted by atomic mass is 16.6. The quantitative estimate of drug-likeness (QED) is 0.0173. The fourth-order valence-corrected chi connectivity index (χ4v) is 16.7. The summed E-state index contributed by atoms with van der Waals surface area (Å²) in [4.78, 5) is 21.8. The number of piperazine rings is 5. The van der Waals surface area contributed by atoms with Gasteiger partial charge in [0.25, 0.3) is 0 Å². The standard InChI is InChI=1S/C54H78N8O8.C38H38O8.C7H14N2O2/c63-45(33-59-25-17-55-18-26-59)37-67-49-9-1-41(2-10-49)53(42-3-11-50(12-4-42)68-38-46(64)34-60-27-19-56-20-28-60)54(43-5-13-51(14-6-43)69-39-47(65)35-61-29-21-57-22-30-61)44-7-15-52(16-8-44)70-40-48(66)36-62-31-23-58-24-32-62;1-9-29(39-17-33-21-43-33)10-2-25(1)37(26-3-11-30(12-4-26)40-18-34-22-44-34)38(27-5-13-31(14-6-27)41-19-35-23-45-35)28-7-15-32(16-8-28)42-20-36-24-46-36;1-2-11-7(10)9-5-3-8-4-6-9/h1-16,45-48,53-58,63-66H,17-40H2;1-16,33-38H,17-24H2;8H,2-6H2,1H3. The summed E-state index contributed by atoms with van der Waals surface area (Å²) >= 11 is 0. The number of hydrogen-bond donors (Lipinski definition) is 9. The van der Waals surface area contributed by atoms with Crippen LogP contribution >= 0.6 is 0 Å². The van der Waals surface area contributed by atoms with Gasteiger partial charge in [-0.05, 0) is 148 Å². The van der Waals surface area contributed by atoms with Gasteiger partial charge in [0.05, 0.1) is 33.0 Å². The highest BCUT2D eigenvalue weighted by Crippen LogP contribution is 2.47. The van der Waals surface area contributed by atoms with Crippen LogP contribution in [0.5, 0.6) is 46.0 Å². The average Bonchev–Trinajstić information content (AvgIpc) is 0.835. The highest BCUT2D eigenvalue weighted by molar-refractivity contribution is 5.67. The normalized spacial score (nSPS) is 21.4. The van der Waals surface area contributed by atoms with Crippen molar-refractivity contribution in [3.63, 3.8) is 0 Å². The van der Waals surface area contributed by atoms with E-state index < -0.39 is 24.4 Å². The lowest BCUT2D eigenvalue weighted by molar-refractivity contribution is 0.0640. The van der Waals surface area contributed by atoms with Gasteiger partial charge in [0.2, 0.25) is 0 Å². The van der Waals surface area contributed by atoms with E-state index in [4.69, 9.17) is 61.6 Å². The van der Waals surface area contributed by atoms with Crippen molar-refractivity contribution >= 4 is 6.09 Å². The van der Waals surface area contributed by atoms with Gasteiger partial charge < -0.3 is 113 Å². The summed E-state index contributed by atoms with van der Waals surface area (Å²) in [5, 5.41) is 60.1. The maximum Gasteiger partial charge on any atom is 0.409 e. The summed E-state index contributed by atoms with van der Waals surface area (Å²) in [5.41, 5.74) is 8.96. The molecule has 9 heterocycles. The minimum Gasteiger partial charge on any atom is -0.491 e. The molecule has 8 atom stereocenters. The molecule has 17 rings (SSSR count). The second-order valence-corrected chi connectivity index (χ2v) is 34.0. The zero-order chi connectivity index (χ0) is 87.1. The fraction of sp³-hybridized carbons (Fsp3) is 0.505. The number of aliphatic hydroxyl groups is 4. The first-order chi connectivity index (χ1) is 62.4. The summed E-state index contributed by atoms with van der Waals surface area (Å²) < 4.78 is 74.8. The molecule has 8 unspecified atom stereocenters.